The van der Waals surface area contributed by atoms with E-state index in [-0.39, 0.29) is 18.3 Å². The standard InChI is InChI=1S/C36H37ClO5/c1-38-29-14-12-25(13-15-29)18-28-19-33(32-16-17-40-36(32)35(28)37)34-21-30(41-23-27-10-6-3-7-11-27)20-31(42-34)24-39-22-26-8-4-2-5-9-26/h2-15,19,30-31,34H,16-18,20-24H2,1H3. The molecule has 4 aromatic carbocycles. The lowest BCUT2D eigenvalue weighted by Crippen LogP contribution is -2.36. The van der Waals surface area contributed by atoms with Gasteiger partial charge in [-0.15, -0.1) is 0 Å². The topological polar surface area (TPSA) is 46.2 Å². The number of methoxy groups -OCH3 is 1. The van der Waals surface area contributed by atoms with Crippen LogP contribution in [0.25, 0.3) is 0 Å². The van der Waals surface area contributed by atoms with Crippen LogP contribution in [0.3, 0.4) is 0 Å². The molecule has 4 aromatic rings. The van der Waals surface area contributed by atoms with Crippen LogP contribution in [-0.4, -0.2) is 32.5 Å². The molecule has 0 bridgehead atoms. The summed E-state index contributed by atoms with van der Waals surface area (Å²) in [6.45, 7) is 2.25. The molecule has 1 saturated heterocycles. The zero-order valence-electron chi connectivity index (χ0n) is 24.0. The molecule has 5 nitrogen and oxygen atoms in total. The van der Waals surface area contributed by atoms with Gasteiger partial charge in [0, 0.05) is 24.8 Å². The molecule has 6 heteroatoms. The van der Waals surface area contributed by atoms with Crippen LogP contribution in [-0.2, 0) is 40.3 Å². The highest BCUT2D eigenvalue weighted by atomic mass is 35.5. The van der Waals surface area contributed by atoms with E-state index in [9.17, 15) is 0 Å². The van der Waals surface area contributed by atoms with Crippen molar-refractivity contribution in [1.29, 1.82) is 0 Å². The van der Waals surface area contributed by atoms with Gasteiger partial charge in [-0.25, -0.2) is 0 Å². The molecular formula is C36H37ClO5. The minimum atomic E-state index is -0.146. The molecule has 0 saturated carbocycles. The lowest BCUT2D eigenvalue weighted by atomic mass is 9.89. The molecule has 0 aromatic heterocycles. The molecule has 0 N–H and O–H groups in total. The van der Waals surface area contributed by atoms with Gasteiger partial charge >= 0.3 is 0 Å². The summed E-state index contributed by atoms with van der Waals surface area (Å²) in [6.07, 6.45) is 2.85. The quantitative estimate of drug-likeness (QED) is 0.179. The van der Waals surface area contributed by atoms with Crippen molar-refractivity contribution in [1.82, 2.24) is 0 Å². The molecule has 3 unspecified atom stereocenters. The zero-order chi connectivity index (χ0) is 28.7. The Kier molecular flexibility index (Phi) is 9.41. The van der Waals surface area contributed by atoms with Crippen molar-refractivity contribution >= 4 is 11.6 Å². The van der Waals surface area contributed by atoms with Gasteiger partial charge in [0.1, 0.15) is 11.5 Å². The van der Waals surface area contributed by atoms with E-state index in [0.29, 0.717) is 37.9 Å². The van der Waals surface area contributed by atoms with E-state index >= 15 is 0 Å². The Hall–Kier alpha value is -3.35. The molecule has 2 aliphatic heterocycles. The normalized spacial score (nSPS) is 19.7. The number of hydrogen-bond donors (Lipinski definition) is 0. The molecule has 2 aliphatic rings. The van der Waals surface area contributed by atoms with Gasteiger partial charge in [0.15, 0.2) is 0 Å². The summed E-state index contributed by atoms with van der Waals surface area (Å²) in [4.78, 5) is 0. The van der Waals surface area contributed by atoms with Gasteiger partial charge in [-0.3, -0.25) is 0 Å². The van der Waals surface area contributed by atoms with Crippen LogP contribution in [0.2, 0.25) is 5.02 Å². The Morgan fingerprint density at radius 1 is 0.833 bits per heavy atom. The van der Waals surface area contributed by atoms with Crippen molar-refractivity contribution in [2.75, 3.05) is 20.3 Å². The summed E-state index contributed by atoms with van der Waals surface area (Å²) < 4.78 is 30.8. The fraction of sp³-hybridized carbons (Fsp3) is 0.333. The van der Waals surface area contributed by atoms with Gasteiger partial charge in [0.25, 0.3) is 0 Å². The van der Waals surface area contributed by atoms with Crippen molar-refractivity contribution in [2.24, 2.45) is 0 Å². The lowest BCUT2D eigenvalue weighted by molar-refractivity contribution is -0.142. The van der Waals surface area contributed by atoms with E-state index in [0.717, 1.165) is 58.6 Å². The molecule has 0 amide bonds. The van der Waals surface area contributed by atoms with Crippen molar-refractivity contribution in [3.05, 3.63) is 129 Å². The maximum atomic E-state index is 6.94. The van der Waals surface area contributed by atoms with Crippen LogP contribution in [0.5, 0.6) is 11.5 Å². The summed E-state index contributed by atoms with van der Waals surface area (Å²) in [5.41, 5.74) is 6.80. The largest absolute Gasteiger partial charge is 0.497 e. The van der Waals surface area contributed by atoms with Crippen LogP contribution in [0.15, 0.2) is 91.0 Å². The third kappa shape index (κ3) is 6.99. The molecule has 0 radical (unpaired) electrons. The van der Waals surface area contributed by atoms with E-state index in [1.165, 1.54) is 5.56 Å². The summed E-state index contributed by atoms with van der Waals surface area (Å²) in [5, 5.41) is 0.692. The molecule has 2 heterocycles. The average Bonchev–Trinajstić information content (AvgIpc) is 3.53. The first-order chi connectivity index (χ1) is 20.7. The van der Waals surface area contributed by atoms with E-state index in [4.69, 9.17) is 35.3 Å². The summed E-state index contributed by atoms with van der Waals surface area (Å²) >= 11 is 6.94. The number of hydrogen-bond acceptors (Lipinski definition) is 5. The molecule has 1 fully saturated rings. The van der Waals surface area contributed by atoms with Crippen LogP contribution < -0.4 is 9.47 Å². The Bertz CT molecular complexity index is 1440. The number of rotatable bonds is 11. The Balaban J connectivity index is 1.24. The third-order valence-corrected chi connectivity index (χ3v) is 8.45. The monoisotopic (exact) mass is 584 g/mol. The highest BCUT2D eigenvalue weighted by molar-refractivity contribution is 6.33. The van der Waals surface area contributed by atoms with Crippen LogP contribution >= 0.6 is 11.6 Å². The molecule has 218 valence electrons. The second-order valence-corrected chi connectivity index (χ2v) is 11.4. The number of halogens is 1. The van der Waals surface area contributed by atoms with E-state index in [1.54, 1.807) is 7.11 Å². The molecule has 0 aliphatic carbocycles. The highest BCUT2D eigenvalue weighted by Crippen LogP contribution is 2.45. The van der Waals surface area contributed by atoms with Crippen molar-refractivity contribution < 1.29 is 23.7 Å². The zero-order valence-corrected chi connectivity index (χ0v) is 24.7. The molecule has 0 spiro atoms. The Labute approximate surface area is 253 Å². The summed E-state index contributed by atoms with van der Waals surface area (Å²) in [7, 11) is 1.68. The van der Waals surface area contributed by atoms with Crippen molar-refractivity contribution in [3.8, 4) is 11.5 Å². The lowest BCUT2D eigenvalue weighted by Gasteiger charge is -2.36. The summed E-state index contributed by atoms with van der Waals surface area (Å²) in [6, 6.07) is 30.9. The molecule has 6 rings (SSSR count). The molecular weight excluding hydrogens is 548 g/mol. The van der Waals surface area contributed by atoms with Crippen LogP contribution in [0, 0.1) is 0 Å². The minimum absolute atomic E-state index is 0.0352. The van der Waals surface area contributed by atoms with Crippen LogP contribution in [0.4, 0.5) is 0 Å². The number of benzene rings is 4. The smallest absolute Gasteiger partial charge is 0.141 e. The van der Waals surface area contributed by atoms with Gasteiger partial charge < -0.3 is 23.7 Å². The predicted molar refractivity (Wildman–Crippen MR) is 164 cm³/mol. The first kappa shape index (κ1) is 28.8. The first-order valence-electron chi connectivity index (χ1n) is 14.7. The van der Waals surface area contributed by atoms with Gasteiger partial charge in [-0.05, 0) is 46.4 Å². The first-order valence-corrected chi connectivity index (χ1v) is 15.1. The maximum Gasteiger partial charge on any atom is 0.141 e. The van der Waals surface area contributed by atoms with E-state index in [2.05, 4.69) is 42.5 Å². The maximum absolute atomic E-state index is 6.94. The predicted octanol–water partition coefficient (Wildman–Crippen LogP) is 7.90. The fourth-order valence-corrected chi connectivity index (χ4v) is 6.17. The van der Waals surface area contributed by atoms with Gasteiger partial charge in [-0.2, -0.15) is 0 Å². The SMILES string of the molecule is COc1ccc(Cc2cc(C3CC(OCc4ccccc4)CC(COCc4ccccc4)O3)c3c(c2Cl)OCC3)cc1. The second-order valence-electron chi connectivity index (χ2n) is 11.0. The van der Waals surface area contributed by atoms with Gasteiger partial charge in [0.2, 0.25) is 0 Å². The second kappa shape index (κ2) is 13.7. The van der Waals surface area contributed by atoms with E-state index < -0.39 is 0 Å². The average molecular weight is 585 g/mol. The van der Waals surface area contributed by atoms with Crippen molar-refractivity contribution in [2.45, 2.75) is 57.2 Å². The molecule has 3 atom stereocenters. The summed E-state index contributed by atoms with van der Waals surface area (Å²) in [5.74, 6) is 1.63. The number of fused-ring (bicyclic) bond motifs is 1. The highest BCUT2D eigenvalue weighted by Gasteiger charge is 2.35. The Morgan fingerprint density at radius 3 is 2.26 bits per heavy atom. The van der Waals surface area contributed by atoms with E-state index in [1.807, 2.05) is 48.5 Å². The van der Waals surface area contributed by atoms with Gasteiger partial charge in [0.05, 0.1) is 56.9 Å². The van der Waals surface area contributed by atoms with Crippen LogP contribution in [0.1, 0.15) is 52.3 Å². The number of ether oxygens (including phenoxy) is 5. The van der Waals surface area contributed by atoms with Gasteiger partial charge in [-0.1, -0.05) is 90.5 Å². The molecule has 42 heavy (non-hydrogen) atoms. The minimum Gasteiger partial charge on any atom is -0.497 e. The fourth-order valence-electron chi connectivity index (χ4n) is 5.88. The third-order valence-electron chi connectivity index (χ3n) is 8.04. The van der Waals surface area contributed by atoms with Crippen molar-refractivity contribution in [3.63, 3.8) is 0 Å². The Morgan fingerprint density at radius 2 is 1.55 bits per heavy atom.